The number of rotatable bonds is 4. The van der Waals surface area contributed by atoms with Crippen LogP contribution in [0, 0.1) is 0 Å². The first-order valence-electron chi connectivity index (χ1n) is 15.5. The highest BCUT2D eigenvalue weighted by molar-refractivity contribution is 6.50. The monoisotopic (exact) mass is 612 g/mol. The molecule has 3 aromatic carbocycles. The molecule has 0 N–H and O–H groups in total. The van der Waals surface area contributed by atoms with E-state index in [2.05, 4.69) is 154 Å². The number of anilines is 1. The lowest BCUT2D eigenvalue weighted by atomic mass is 9.79. The Labute approximate surface area is 264 Å². The SMILES string of the molecule is CN1/C(=C/C=C2/CCCC(/C=C/C3=[N+](C)c4ccccc4C3(C)C)=C2c2ccccc2)C(C)(C)c2ccccc21.F[B-](F)(F)F. The van der Waals surface area contributed by atoms with E-state index in [1.807, 2.05) is 0 Å². The molecule has 234 valence electrons. The third-order valence-corrected chi connectivity index (χ3v) is 9.36. The maximum atomic E-state index is 9.75. The van der Waals surface area contributed by atoms with Crippen LogP contribution in [0.25, 0.3) is 5.57 Å². The fourth-order valence-corrected chi connectivity index (χ4v) is 7.20. The molecule has 0 aromatic heterocycles. The van der Waals surface area contributed by atoms with Gasteiger partial charge in [-0.05, 0) is 73.1 Å². The molecule has 6 rings (SSSR count). The zero-order valence-corrected chi connectivity index (χ0v) is 26.9. The summed E-state index contributed by atoms with van der Waals surface area (Å²) >= 11 is 0. The molecule has 0 bridgehead atoms. The highest BCUT2D eigenvalue weighted by Crippen LogP contribution is 2.47. The van der Waals surface area contributed by atoms with Crippen molar-refractivity contribution in [2.45, 2.75) is 57.8 Å². The Morgan fingerprint density at radius 2 is 1.33 bits per heavy atom. The van der Waals surface area contributed by atoms with Crippen LogP contribution in [0.5, 0.6) is 0 Å². The summed E-state index contributed by atoms with van der Waals surface area (Å²) in [6.45, 7) is 9.38. The van der Waals surface area contributed by atoms with Crippen molar-refractivity contribution in [3.63, 3.8) is 0 Å². The molecular formula is C38H41BF4N2. The van der Waals surface area contributed by atoms with Gasteiger partial charge in [0.2, 0.25) is 5.69 Å². The van der Waals surface area contributed by atoms with Crippen LogP contribution >= 0.6 is 0 Å². The Balaban J connectivity index is 0.000000743. The summed E-state index contributed by atoms with van der Waals surface area (Å²) < 4.78 is 41.4. The Morgan fingerprint density at radius 3 is 1.98 bits per heavy atom. The zero-order valence-electron chi connectivity index (χ0n) is 26.9. The molecule has 1 aliphatic carbocycles. The lowest BCUT2D eigenvalue weighted by molar-refractivity contribution is -0.401. The molecule has 0 saturated heterocycles. The lowest BCUT2D eigenvalue weighted by Gasteiger charge is -2.25. The average Bonchev–Trinajstić information content (AvgIpc) is 3.31. The number of benzene rings is 3. The molecule has 45 heavy (non-hydrogen) atoms. The quantitative estimate of drug-likeness (QED) is 0.161. The Kier molecular flexibility index (Phi) is 8.85. The highest BCUT2D eigenvalue weighted by Gasteiger charge is 2.42. The van der Waals surface area contributed by atoms with Crippen LogP contribution in [-0.4, -0.2) is 31.6 Å². The van der Waals surface area contributed by atoms with E-state index >= 15 is 0 Å². The van der Waals surface area contributed by atoms with E-state index in [9.17, 15) is 17.3 Å². The summed E-state index contributed by atoms with van der Waals surface area (Å²) in [5, 5.41) is 0. The normalized spacial score (nSPS) is 20.5. The molecule has 2 aliphatic heterocycles. The second-order valence-corrected chi connectivity index (χ2v) is 13.0. The zero-order chi connectivity index (χ0) is 32.6. The van der Waals surface area contributed by atoms with E-state index in [-0.39, 0.29) is 10.8 Å². The topological polar surface area (TPSA) is 6.25 Å². The van der Waals surface area contributed by atoms with Crippen molar-refractivity contribution in [2.75, 3.05) is 19.0 Å². The summed E-state index contributed by atoms with van der Waals surface area (Å²) in [5.74, 6) is 0. The van der Waals surface area contributed by atoms with Gasteiger partial charge in [0.25, 0.3) is 0 Å². The number of para-hydroxylation sites is 2. The smallest absolute Gasteiger partial charge is 0.418 e. The first-order chi connectivity index (χ1) is 21.2. The van der Waals surface area contributed by atoms with Gasteiger partial charge in [0.1, 0.15) is 7.05 Å². The molecule has 2 heterocycles. The second kappa shape index (κ2) is 12.3. The molecule has 3 aromatic rings. The first kappa shape index (κ1) is 32.3. The molecule has 0 atom stereocenters. The molecule has 0 amide bonds. The standard InChI is InChI=1S/C38H41N2.BF4/c1-37(2)30-19-10-12-21-32(30)39(5)34(37)25-23-28-17-14-18-29(36(28)27-15-8-7-9-16-27)24-26-35-38(3,4)31-20-11-13-22-33(31)40(35)6;2-1(3,4)5/h7-13,15-16,19-26H,14,17-18H2,1-6H3;/q+1;-1. The number of hydrogen-bond donors (Lipinski definition) is 0. The van der Waals surface area contributed by atoms with Crippen LogP contribution < -0.4 is 4.90 Å². The van der Waals surface area contributed by atoms with Gasteiger partial charge in [-0.3, -0.25) is 0 Å². The van der Waals surface area contributed by atoms with Gasteiger partial charge >= 0.3 is 7.25 Å². The predicted molar refractivity (Wildman–Crippen MR) is 181 cm³/mol. The fraction of sp³-hybridized carbons (Fsp3) is 0.289. The second-order valence-electron chi connectivity index (χ2n) is 13.0. The summed E-state index contributed by atoms with van der Waals surface area (Å²) in [4.78, 5) is 2.37. The summed E-state index contributed by atoms with van der Waals surface area (Å²) in [5.41, 5.74) is 13.6. The maximum Gasteiger partial charge on any atom is 0.673 e. The van der Waals surface area contributed by atoms with Crippen molar-refractivity contribution in [1.82, 2.24) is 0 Å². The number of nitrogens with zero attached hydrogens (tertiary/aromatic N) is 2. The van der Waals surface area contributed by atoms with Crippen LogP contribution in [0.3, 0.4) is 0 Å². The number of allylic oxidation sites excluding steroid dienone is 8. The molecule has 2 nitrogen and oxygen atoms in total. The van der Waals surface area contributed by atoms with Gasteiger partial charge in [-0.25, -0.2) is 0 Å². The van der Waals surface area contributed by atoms with Crippen molar-refractivity contribution < 1.29 is 21.8 Å². The van der Waals surface area contributed by atoms with Crippen LogP contribution in [0.4, 0.5) is 28.6 Å². The molecule has 0 saturated carbocycles. The largest absolute Gasteiger partial charge is 0.673 e. The molecular weight excluding hydrogens is 571 g/mol. The number of fused-ring (bicyclic) bond motifs is 2. The summed E-state index contributed by atoms with van der Waals surface area (Å²) in [7, 11) is -1.59. The maximum absolute atomic E-state index is 9.75. The minimum Gasteiger partial charge on any atom is -0.418 e. The van der Waals surface area contributed by atoms with Crippen LogP contribution in [0.1, 0.15) is 63.6 Å². The summed E-state index contributed by atoms with van der Waals surface area (Å²) in [6.07, 6.45) is 12.9. The van der Waals surface area contributed by atoms with E-state index in [1.54, 1.807) is 0 Å². The number of likely N-dealkylation sites (N-methyl/N-ethyl adjacent to an activating group) is 1. The van der Waals surface area contributed by atoms with Gasteiger partial charge < -0.3 is 22.2 Å². The van der Waals surface area contributed by atoms with Gasteiger partial charge in [-0.1, -0.05) is 92.7 Å². The van der Waals surface area contributed by atoms with E-state index in [0.717, 1.165) is 12.8 Å². The first-order valence-corrected chi connectivity index (χ1v) is 15.5. The van der Waals surface area contributed by atoms with Crippen molar-refractivity contribution in [3.8, 4) is 0 Å². The van der Waals surface area contributed by atoms with Gasteiger partial charge in [0, 0.05) is 41.6 Å². The molecule has 7 heteroatoms. The third-order valence-electron chi connectivity index (χ3n) is 9.36. The molecule has 0 spiro atoms. The van der Waals surface area contributed by atoms with Gasteiger partial charge in [-0.15, -0.1) is 0 Å². The molecule has 0 fully saturated rings. The lowest BCUT2D eigenvalue weighted by Crippen LogP contribution is -2.26. The van der Waals surface area contributed by atoms with E-state index in [1.165, 1.54) is 62.6 Å². The van der Waals surface area contributed by atoms with Crippen molar-refractivity contribution in [2.24, 2.45) is 0 Å². The predicted octanol–water partition coefficient (Wildman–Crippen LogP) is 10.4. The third kappa shape index (κ3) is 6.49. The van der Waals surface area contributed by atoms with Crippen molar-refractivity contribution in [3.05, 3.63) is 137 Å². The van der Waals surface area contributed by atoms with Crippen LogP contribution in [0.15, 0.2) is 120 Å². The van der Waals surface area contributed by atoms with Crippen molar-refractivity contribution in [1.29, 1.82) is 0 Å². The van der Waals surface area contributed by atoms with Gasteiger partial charge in [-0.2, -0.15) is 4.58 Å². The minimum absolute atomic E-state index is 0.0271. The summed E-state index contributed by atoms with van der Waals surface area (Å²) in [6, 6.07) is 28.6. The van der Waals surface area contributed by atoms with Gasteiger partial charge in [0.15, 0.2) is 5.71 Å². The number of hydrogen-bond acceptors (Lipinski definition) is 1. The Hall–Kier alpha value is -4.13. The van der Waals surface area contributed by atoms with E-state index in [4.69, 9.17) is 0 Å². The molecule has 3 aliphatic rings. The van der Waals surface area contributed by atoms with Gasteiger partial charge in [0.05, 0.1) is 5.41 Å². The molecule has 0 unspecified atom stereocenters. The fourth-order valence-electron chi connectivity index (χ4n) is 7.20. The Morgan fingerprint density at radius 1 is 0.733 bits per heavy atom. The van der Waals surface area contributed by atoms with E-state index < -0.39 is 7.25 Å². The van der Waals surface area contributed by atoms with Crippen LogP contribution in [0.2, 0.25) is 0 Å². The molecule has 0 radical (unpaired) electrons. The Bertz CT molecular complexity index is 1730. The average molecular weight is 613 g/mol. The highest BCUT2D eigenvalue weighted by atomic mass is 19.5. The van der Waals surface area contributed by atoms with Crippen LogP contribution in [-0.2, 0) is 10.8 Å². The van der Waals surface area contributed by atoms with Crippen molar-refractivity contribution >= 4 is 29.9 Å². The number of halogens is 4. The minimum atomic E-state index is -6.00. The van der Waals surface area contributed by atoms with E-state index in [0.29, 0.717) is 0 Å².